The standard InChI is InChI=1S/C19H16ClF4NO4S/c1-4-14(30(3,27)28)13-7-10-16(12(21)8-11(20)17(10)29-13)9-5-6-15(19(22,23)24)25(2)18(9)26/h5-8,14H,4H2,1-3H3. The zero-order chi connectivity index (χ0) is 22.6. The molecular weight excluding hydrogens is 450 g/mol. The number of halogens is 5. The van der Waals surface area contributed by atoms with Crippen LogP contribution in [0.3, 0.4) is 0 Å². The van der Waals surface area contributed by atoms with E-state index in [-0.39, 0.29) is 39.3 Å². The molecule has 0 amide bonds. The van der Waals surface area contributed by atoms with E-state index in [9.17, 15) is 30.8 Å². The quantitative estimate of drug-likeness (QED) is 0.502. The number of furan rings is 1. The summed E-state index contributed by atoms with van der Waals surface area (Å²) in [4.78, 5) is 12.6. The Morgan fingerprint density at radius 3 is 2.40 bits per heavy atom. The van der Waals surface area contributed by atoms with Gasteiger partial charge in [0.05, 0.1) is 10.6 Å². The largest absolute Gasteiger partial charge is 0.458 e. The van der Waals surface area contributed by atoms with Crippen LogP contribution in [0.4, 0.5) is 17.6 Å². The number of nitrogens with zero attached hydrogens (tertiary/aromatic N) is 1. The Labute approximate surface area is 173 Å². The van der Waals surface area contributed by atoms with Crippen molar-refractivity contribution >= 4 is 32.4 Å². The minimum absolute atomic E-state index is 0.00559. The molecule has 0 bridgehead atoms. The lowest BCUT2D eigenvalue weighted by Crippen LogP contribution is -2.26. The second-order valence-corrected chi connectivity index (χ2v) is 9.46. The maximum Gasteiger partial charge on any atom is 0.431 e. The summed E-state index contributed by atoms with van der Waals surface area (Å²) in [6.45, 7) is 1.62. The number of sulfone groups is 1. The topological polar surface area (TPSA) is 69.3 Å². The molecular formula is C19H16ClF4NO4S. The first-order chi connectivity index (χ1) is 13.8. The molecule has 0 fully saturated rings. The smallest absolute Gasteiger partial charge is 0.431 e. The molecule has 0 spiro atoms. The van der Waals surface area contributed by atoms with Gasteiger partial charge in [0.1, 0.15) is 22.5 Å². The van der Waals surface area contributed by atoms with Crippen molar-refractivity contribution in [3.8, 4) is 11.1 Å². The third-order valence-electron chi connectivity index (χ3n) is 4.80. The van der Waals surface area contributed by atoms with Gasteiger partial charge in [-0.05, 0) is 30.7 Å². The van der Waals surface area contributed by atoms with Crippen molar-refractivity contribution in [2.45, 2.75) is 24.8 Å². The molecule has 5 nitrogen and oxygen atoms in total. The highest BCUT2D eigenvalue weighted by molar-refractivity contribution is 7.90. The van der Waals surface area contributed by atoms with E-state index in [1.165, 1.54) is 6.07 Å². The maximum absolute atomic E-state index is 14.8. The van der Waals surface area contributed by atoms with Crippen LogP contribution in [0.15, 0.2) is 33.5 Å². The fourth-order valence-electron chi connectivity index (χ4n) is 3.41. The monoisotopic (exact) mass is 465 g/mol. The molecule has 0 radical (unpaired) electrons. The summed E-state index contributed by atoms with van der Waals surface area (Å²) in [7, 11) is -2.65. The van der Waals surface area contributed by atoms with Gasteiger partial charge >= 0.3 is 6.18 Å². The molecule has 30 heavy (non-hydrogen) atoms. The van der Waals surface area contributed by atoms with Gasteiger partial charge in [-0.2, -0.15) is 13.2 Å². The Kier molecular flexibility index (Phi) is 5.53. The Hall–Kier alpha value is -2.33. The minimum Gasteiger partial charge on any atom is -0.458 e. The SMILES string of the molecule is CCC(c1cc2c(-c3ccc(C(F)(F)F)n(C)c3=O)c(F)cc(Cl)c2o1)S(C)(=O)=O. The molecule has 162 valence electrons. The summed E-state index contributed by atoms with van der Waals surface area (Å²) in [5.74, 6) is -0.961. The molecule has 3 rings (SSSR count). The predicted octanol–water partition coefficient (Wildman–Crippen LogP) is 5.11. The molecule has 2 aromatic heterocycles. The van der Waals surface area contributed by atoms with Gasteiger partial charge in [-0.3, -0.25) is 4.79 Å². The zero-order valence-corrected chi connectivity index (χ0v) is 17.5. The first-order valence-corrected chi connectivity index (χ1v) is 11.0. The molecule has 1 unspecified atom stereocenters. The Morgan fingerprint density at radius 1 is 1.23 bits per heavy atom. The average molecular weight is 466 g/mol. The van der Waals surface area contributed by atoms with E-state index >= 15 is 0 Å². The summed E-state index contributed by atoms with van der Waals surface area (Å²) in [6, 6.07) is 3.66. The van der Waals surface area contributed by atoms with Crippen molar-refractivity contribution in [2.24, 2.45) is 7.05 Å². The van der Waals surface area contributed by atoms with E-state index in [2.05, 4.69) is 0 Å². The molecule has 2 heterocycles. The summed E-state index contributed by atoms with van der Waals surface area (Å²) >= 11 is 6.04. The van der Waals surface area contributed by atoms with Crippen LogP contribution in [-0.2, 0) is 23.1 Å². The second kappa shape index (κ2) is 7.42. The van der Waals surface area contributed by atoms with E-state index in [4.69, 9.17) is 16.0 Å². The van der Waals surface area contributed by atoms with E-state index < -0.39 is 38.3 Å². The number of alkyl halides is 3. The van der Waals surface area contributed by atoms with E-state index in [0.29, 0.717) is 10.6 Å². The minimum atomic E-state index is -4.77. The molecule has 0 saturated carbocycles. The van der Waals surface area contributed by atoms with Gasteiger partial charge in [0.2, 0.25) is 0 Å². The summed E-state index contributed by atoms with van der Waals surface area (Å²) in [5.41, 5.74) is -3.00. The van der Waals surface area contributed by atoms with E-state index in [1.807, 2.05) is 0 Å². The first kappa shape index (κ1) is 22.4. The Morgan fingerprint density at radius 2 is 1.87 bits per heavy atom. The van der Waals surface area contributed by atoms with Gasteiger partial charge in [0, 0.05) is 24.3 Å². The highest BCUT2D eigenvalue weighted by Crippen LogP contribution is 2.40. The van der Waals surface area contributed by atoms with Crippen LogP contribution in [0.2, 0.25) is 5.02 Å². The molecule has 1 aromatic carbocycles. The van der Waals surface area contributed by atoms with Crippen LogP contribution >= 0.6 is 11.6 Å². The first-order valence-electron chi connectivity index (χ1n) is 8.65. The van der Waals surface area contributed by atoms with Crippen molar-refractivity contribution in [1.29, 1.82) is 0 Å². The maximum atomic E-state index is 14.8. The number of aromatic nitrogens is 1. The van der Waals surface area contributed by atoms with Crippen molar-refractivity contribution in [1.82, 2.24) is 4.57 Å². The normalized spacial score (nSPS) is 13.7. The number of pyridine rings is 1. The zero-order valence-electron chi connectivity index (χ0n) is 16.0. The van der Waals surface area contributed by atoms with Crippen molar-refractivity contribution in [3.05, 3.63) is 56.9 Å². The highest BCUT2D eigenvalue weighted by Gasteiger charge is 2.34. The van der Waals surface area contributed by atoms with Gasteiger partial charge in [-0.1, -0.05) is 18.5 Å². The molecule has 0 aliphatic heterocycles. The third kappa shape index (κ3) is 3.74. The molecule has 0 saturated heterocycles. The van der Waals surface area contributed by atoms with Gasteiger partial charge in [-0.25, -0.2) is 12.8 Å². The van der Waals surface area contributed by atoms with Crippen LogP contribution in [0.25, 0.3) is 22.1 Å². The van der Waals surface area contributed by atoms with Crippen molar-refractivity contribution in [2.75, 3.05) is 6.26 Å². The summed E-state index contributed by atoms with van der Waals surface area (Å²) in [5, 5.41) is -1.20. The van der Waals surface area contributed by atoms with Gasteiger partial charge in [-0.15, -0.1) is 0 Å². The number of hydrogen-bond donors (Lipinski definition) is 0. The summed E-state index contributed by atoms with van der Waals surface area (Å²) in [6.07, 6.45) is -3.59. The molecule has 0 N–H and O–H groups in total. The lowest BCUT2D eigenvalue weighted by Gasteiger charge is -2.13. The number of rotatable bonds is 4. The fraction of sp³-hybridized carbons (Fsp3) is 0.316. The molecule has 11 heteroatoms. The van der Waals surface area contributed by atoms with Crippen LogP contribution in [0.1, 0.15) is 30.0 Å². The van der Waals surface area contributed by atoms with Crippen LogP contribution in [0.5, 0.6) is 0 Å². The predicted molar refractivity (Wildman–Crippen MR) is 105 cm³/mol. The molecule has 0 aliphatic rings. The second-order valence-electron chi connectivity index (χ2n) is 6.83. The van der Waals surface area contributed by atoms with Crippen molar-refractivity contribution in [3.63, 3.8) is 0 Å². The van der Waals surface area contributed by atoms with Crippen LogP contribution in [-0.4, -0.2) is 19.2 Å². The lowest BCUT2D eigenvalue weighted by molar-refractivity contribution is -0.143. The number of fused-ring (bicyclic) bond motifs is 1. The third-order valence-corrected chi connectivity index (χ3v) is 6.68. The van der Waals surface area contributed by atoms with Gasteiger partial charge in [0.25, 0.3) is 5.56 Å². The van der Waals surface area contributed by atoms with E-state index in [1.54, 1.807) is 6.92 Å². The Bertz CT molecular complexity index is 1310. The Balaban J connectivity index is 2.36. The van der Waals surface area contributed by atoms with Crippen LogP contribution in [0, 0.1) is 5.82 Å². The summed E-state index contributed by atoms with van der Waals surface area (Å²) < 4.78 is 84.1. The van der Waals surface area contributed by atoms with Crippen LogP contribution < -0.4 is 5.56 Å². The van der Waals surface area contributed by atoms with E-state index in [0.717, 1.165) is 25.4 Å². The molecule has 1 atom stereocenters. The average Bonchev–Trinajstić information content (AvgIpc) is 3.01. The van der Waals surface area contributed by atoms with Gasteiger partial charge in [0.15, 0.2) is 15.4 Å². The highest BCUT2D eigenvalue weighted by atomic mass is 35.5. The van der Waals surface area contributed by atoms with Gasteiger partial charge < -0.3 is 8.98 Å². The fourth-order valence-corrected chi connectivity index (χ4v) is 4.79. The number of hydrogen-bond acceptors (Lipinski definition) is 4. The molecule has 0 aliphatic carbocycles. The number of benzene rings is 1. The van der Waals surface area contributed by atoms with Crippen molar-refractivity contribution < 1.29 is 30.4 Å². The molecule has 3 aromatic rings. The lowest BCUT2D eigenvalue weighted by atomic mass is 10.0.